The third-order valence-electron chi connectivity index (χ3n) is 3.22. The van der Waals surface area contributed by atoms with Gasteiger partial charge in [0, 0.05) is 16.5 Å². The number of methoxy groups -OCH3 is 2. The average molecular weight is 327 g/mol. The van der Waals surface area contributed by atoms with Crippen LogP contribution in [0.3, 0.4) is 0 Å². The molecule has 3 nitrogen and oxygen atoms in total. The van der Waals surface area contributed by atoms with Crippen LogP contribution in [-0.2, 0) is 6.42 Å². The molecular formula is C16H16Cl2O3. The molecule has 0 heterocycles. The molecule has 112 valence electrons. The van der Waals surface area contributed by atoms with Crippen molar-refractivity contribution in [1.82, 2.24) is 0 Å². The Morgan fingerprint density at radius 2 is 1.67 bits per heavy atom. The van der Waals surface area contributed by atoms with Crippen LogP contribution >= 0.6 is 23.2 Å². The molecule has 0 aromatic heterocycles. The standard InChI is InChI=1S/C16H16Cl2O3/c1-20-14-4-3-5-15(21-2)16(14)13(19)9-10-8-11(17)6-7-12(10)18/h3-8,13,19H,9H2,1-2H3. The summed E-state index contributed by atoms with van der Waals surface area (Å²) in [6, 6.07) is 10.5. The molecule has 1 N–H and O–H groups in total. The number of hydrogen-bond donors (Lipinski definition) is 1. The second-order valence-electron chi connectivity index (χ2n) is 4.53. The SMILES string of the molecule is COc1cccc(OC)c1C(O)Cc1cc(Cl)ccc1Cl. The number of hydrogen-bond acceptors (Lipinski definition) is 3. The lowest BCUT2D eigenvalue weighted by molar-refractivity contribution is 0.169. The van der Waals surface area contributed by atoms with Crippen molar-refractivity contribution in [2.45, 2.75) is 12.5 Å². The van der Waals surface area contributed by atoms with Crippen LogP contribution in [0, 0.1) is 0 Å². The van der Waals surface area contributed by atoms with Gasteiger partial charge in [-0.05, 0) is 35.9 Å². The fourth-order valence-corrected chi connectivity index (χ4v) is 2.61. The molecule has 0 fully saturated rings. The van der Waals surface area contributed by atoms with E-state index in [1.807, 2.05) is 0 Å². The van der Waals surface area contributed by atoms with Gasteiger partial charge in [0.05, 0.1) is 25.9 Å². The van der Waals surface area contributed by atoms with E-state index >= 15 is 0 Å². The minimum absolute atomic E-state index is 0.316. The Labute approximate surface area is 134 Å². The third kappa shape index (κ3) is 3.62. The van der Waals surface area contributed by atoms with Crippen molar-refractivity contribution in [3.63, 3.8) is 0 Å². The first kappa shape index (κ1) is 16.0. The second kappa shape index (κ2) is 7.03. The molecule has 0 radical (unpaired) electrons. The van der Waals surface area contributed by atoms with Gasteiger partial charge in [-0.15, -0.1) is 0 Å². The number of rotatable bonds is 5. The molecular weight excluding hydrogens is 311 g/mol. The molecule has 0 amide bonds. The monoisotopic (exact) mass is 326 g/mol. The first-order valence-corrected chi connectivity index (χ1v) is 7.15. The molecule has 0 bridgehead atoms. The van der Waals surface area contributed by atoms with E-state index in [1.165, 1.54) is 0 Å². The Hall–Kier alpha value is -1.42. The topological polar surface area (TPSA) is 38.7 Å². The summed E-state index contributed by atoms with van der Waals surface area (Å²) in [4.78, 5) is 0. The molecule has 0 aliphatic carbocycles. The van der Waals surface area contributed by atoms with Gasteiger partial charge < -0.3 is 14.6 Å². The van der Waals surface area contributed by atoms with Gasteiger partial charge in [0.2, 0.25) is 0 Å². The van der Waals surface area contributed by atoms with Crippen molar-refractivity contribution < 1.29 is 14.6 Å². The molecule has 5 heteroatoms. The predicted molar refractivity (Wildman–Crippen MR) is 84.7 cm³/mol. The molecule has 2 rings (SSSR count). The maximum atomic E-state index is 10.6. The molecule has 1 atom stereocenters. The van der Waals surface area contributed by atoms with Crippen molar-refractivity contribution in [1.29, 1.82) is 0 Å². The van der Waals surface area contributed by atoms with Gasteiger partial charge >= 0.3 is 0 Å². The molecule has 0 aliphatic heterocycles. The molecule has 1 unspecified atom stereocenters. The van der Waals surface area contributed by atoms with Gasteiger partial charge in [0.1, 0.15) is 11.5 Å². The number of ether oxygens (including phenoxy) is 2. The van der Waals surface area contributed by atoms with E-state index in [1.54, 1.807) is 50.6 Å². The molecule has 21 heavy (non-hydrogen) atoms. The molecule has 0 saturated heterocycles. The highest BCUT2D eigenvalue weighted by molar-refractivity contribution is 6.33. The third-order valence-corrected chi connectivity index (χ3v) is 3.82. The van der Waals surface area contributed by atoms with Crippen LogP contribution in [0.25, 0.3) is 0 Å². The smallest absolute Gasteiger partial charge is 0.128 e. The maximum absolute atomic E-state index is 10.6. The lowest BCUT2D eigenvalue weighted by atomic mass is 9.99. The quantitative estimate of drug-likeness (QED) is 0.890. The maximum Gasteiger partial charge on any atom is 0.128 e. The summed E-state index contributed by atoms with van der Waals surface area (Å²) in [5.74, 6) is 1.14. The molecule has 2 aromatic rings. The van der Waals surface area contributed by atoms with Crippen molar-refractivity contribution in [2.24, 2.45) is 0 Å². The number of aliphatic hydroxyl groups excluding tert-OH is 1. The van der Waals surface area contributed by atoms with Gasteiger partial charge in [-0.3, -0.25) is 0 Å². The second-order valence-corrected chi connectivity index (χ2v) is 5.38. The highest BCUT2D eigenvalue weighted by Crippen LogP contribution is 2.36. The molecule has 0 saturated carbocycles. The van der Waals surface area contributed by atoms with Gasteiger partial charge in [0.25, 0.3) is 0 Å². The lowest BCUT2D eigenvalue weighted by Gasteiger charge is -2.18. The lowest BCUT2D eigenvalue weighted by Crippen LogP contribution is -2.07. The summed E-state index contributed by atoms with van der Waals surface area (Å²) in [5.41, 5.74) is 1.36. The van der Waals surface area contributed by atoms with Crippen LogP contribution in [0.2, 0.25) is 10.0 Å². The highest BCUT2D eigenvalue weighted by Gasteiger charge is 2.20. The van der Waals surface area contributed by atoms with Crippen LogP contribution in [0.15, 0.2) is 36.4 Å². The first-order chi connectivity index (χ1) is 10.1. The summed E-state index contributed by atoms with van der Waals surface area (Å²) in [6.45, 7) is 0. The summed E-state index contributed by atoms with van der Waals surface area (Å²) < 4.78 is 10.6. The molecule has 2 aromatic carbocycles. The van der Waals surface area contributed by atoms with Gasteiger partial charge in [-0.25, -0.2) is 0 Å². The van der Waals surface area contributed by atoms with E-state index in [4.69, 9.17) is 32.7 Å². The van der Waals surface area contributed by atoms with Crippen LogP contribution < -0.4 is 9.47 Å². The van der Waals surface area contributed by atoms with Gasteiger partial charge in [-0.2, -0.15) is 0 Å². The van der Waals surface area contributed by atoms with E-state index in [9.17, 15) is 5.11 Å². The normalized spacial score (nSPS) is 12.0. The summed E-state index contributed by atoms with van der Waals surface area (Å²) >= 11 is 12.1. The Bertz CT molecular complexity index is 607. The van der Waals surface area contributed by atoms with Crippen molar-refractivity contribution >= 4 is 23.2 Å². The molecule has 0 spiro atoms. The largest absolute Gasteiger partial charge is 0.496 e. The Balaban J connectivity index is 2.36. The Kier molecular flexibility index (Phi) is 5.34. The van der Waals surface area contributed by atoms with Crippen molar-refractivity contribution in [2.75, 3.05) is 14.2 Å². The van der Waals surface area contributed by atoms with Gasteiger partial charge in [0.15, 0.2) is 0 Å². The fraction of sp³-hybridized carbons (Fsp3) is 0.250. The van der Waals surface area contributed by atoms with Crippen LogP contribution in [0.5, 0.6) is 11.5 Å². The fourth-order valence-electron chi connectivity index (χ4n) is 2.22. The molecule has 0 aliphatic rings. The zero-order valence-corrected chi connectivity index (χ0v) is 13.3. The van der Waals surface area contributed by atoms with Gasteiger partial charge in [-0.1, -0.05) is 29.3 Å². The Morgan fingerprint density at radius 1 is 1.05 bits per heavy atom. The summed E-state index contributed by atoms with van der Waals surface area (Å²) in [7, 11) is 3.11. The Morgan fingerprint density at radius 3 is 2.24 bits per heavy atom. The van der Waals surface area contributed by atoms with E-state index in [0.29, 0.717) is 33.5 Å². The van der Waals surface area contributed by atoms with E-state index in [2.05, 4.69) is 0 Å². The van der Waals surface area contributed by atoms with Crippen LogP contribution in [0.1, 0.15) is 17.2 Å². The van der Waals surface area contributed by atoms with Crippen molar-refractivity contribution in [3.05, 3.63) is 57.6 Å². The minimum atomic E-state index is -0.813. The zero-order valence-electron chi connectivity index (χ0n) is 11.8. The highest BCUT2D eigenvalue weighted by atomic mass is 35.5. The number of halogens is 2. The number of benzene rings is 2. The van der Waals surface area contributed by atoms with Crippen LogP contribution in [-0.4, -0.2) is 19.3 Å². The average Bonchev–Trinajstić information content (AvgIpc) is 2.49. The summed E-state index contributed by atoms with van der Waals surface area (Å²) in [5, 5.41) is 11.7. The zero-order chi connectivity index (χ0) is 15.4. The number of aliphatic hydroxyl groups is 1. The van der Waals surface area contributed by atoms with Crippen LogP contribution in [0.4, 0.5) is 0 Å². The minimum Gasteiger partial charge on any atom is -0.496 e. The van der Waals surface area contributed by atoms with Crippen molar-refractivity contribution in [3.8, 4) is 11.5 Å². The van der Waals surface area contributed by atoms with E-state index in [0.717, 1.165) is 5.56 Å². The van der Waals surface area contributed by atoms with E-state index < -0.39 is 6.10 Å². The first-order valence-electron chi connectivity index (χ1n) is 6.39. The van der Waals surface area contributed by atoms with E-state index in [-0.39, 0.29) is 0 Å². The predicted octanol–water partition coefficient (Wildman–Crippen LogP) is 4.29. The summed E-state index contributed by atoms with van der Waals surface area (Å²) in [6.07, 6.45) is -0.497.